The Morgan fingerprint density at radius 1 is 1.32 bits per heavy atom. The molecule has 4 rings (SSSR count). The third kappa shape index (κ3) is 2.76. The first-order valence-corrected chi connectivity index (χ1v) is 8.29. The van der Waals surface area contributed by atoms with Gasteiger partial charge in [0.2, 0.25) is 5.91 Å². The van der Waals surface area contributed by atoms with Crippen molar-refractivity contribution in [3.8, 4) is 0 Å². The fourth-order valence-corrected chi connectivity index (χ4v) is 3.30. The van der Waals surface area contributed by atoms with Gasteiger partial charge in [0.1, 0.15) is 11.2 Å². The fraction of sp³-hybridized carbons (Fsp3) is 0.158. The quantitative estimate of drug-likeness (QED) is 0.700. The monoisotopic (exact) mass is 353 g/mol. The van der Waals surface area contributed by atoms with E-state index in [1.54, 1.807) is 12.3 Å². The van der Waals surface area contributed by atoms with E-state index >= 15 is 0 Å². The molecular weight excluding hydrogens is 338 g/mol. The number of hydrogen-bond acceptors (Lipinski definition) is 4. The average Bonchev–Trinajstić information content (AvgIpc) is 3.23. The van der Waals surface area contributed by atoms with Crippen molar-refractivity contribution >= 4 is 34.1 Å². The molecule has 1 aromatic carbocycles. The summed E-state index contributed by atoms with van der Waals surface area (Å²) in [4.78, 5) is 16.6. The van der Waals surface area contributed by atoms with Crippen LogP contribution in [0.4, 0.5) is 0 Å². The van der Waals surface area contributed by atoms with Crippen LogP contribution in [0.25, 0.3) is 16.6 Å². The highest BCUT2D eigenvalue weighted by Gasteiger charge is 2.31. The Morgan fingerprint density at radius 2 is 2.16 bits per heavy atom. The molecule has 6 heteroatoms. The maximum atomic E-state index is 12.1. The Kier molecular flexibility index (Phi) is 3.73. The predicted octanol–water partition coefficient (Wildman–Crippen LogP) is 4.24. The zero-order valence-corrected chi connectivity index (χ0v) is 14.5. The zero-order valence-electron chi connectivity index (χ0n) is 13.8. The van der Waals surface area contributed by atoms with Crippen LogP contribution in [0.15, 0.2) is 53.2 Å². The van der Waals surface area contributed by atoms with E-state index in [-0.39, 0.29) is 11.9 Å². The Hall–Kier alpha value is -2.79. The summed E-state index contributed by atoms with van der Waals surface area (Å²) >= 11 is 6.44. The van der Waals surface area contributed by atoms with E-state index in [4.69, 9.17) is 16.0 Å². The normalized spacial score (nSPS) is 16.8. The van der Waals surface area contributed by atoms with Crippen molar-refractivity contribution < 1.29 is 9.21 Å². The standard InChI is InChI=1S/C19H16ClN3O2/c1-11-5-6-15-13(8-11)9-14(19(20)21-15)17-10-16(18-4-3-7-25-18)22-23(17)12(2)24/h3-10,17,22H,1-2H3/t17-/m1/s1. The Bertz CT molecular complexity index is 995. The minimum absolute atomic E-state index is 0.122. The molecule has 0 radical (unpaired) electrons. The molecule has 0 spiro atoms. The molecule has 0 fully saturated rings. The van der Waals surface area contributed by atoms with Gasteiger partial charge in [0.05, 0.1) is 17.5 Å². The Balaban J connectivity index is 1.84. The number of aromatic nitrogens is 1. The van der Waals surface area contributed by atoms with Crippen molar-refractivity contribution in [2.75, 3.05) is 0 Å². The van der Waals surface area contributed by atoms with Crippen LogP contribution in [0, 0.1) is 6.92 Å². The van der Waals surface area contributed by atoms with E-state index in [9.17, 15) is 4.79 Å². The first-order valence-electron chi connectivity index (χ1n) is 7.92. The van der Waals surface area contributed by atoms with Gasteiger partial charge in [0.25, 0.3) is 0 Å². The topological polar surface area (TPSA) is 58.4 Å². The summed E-state index contributed by atoms with van der Waals surface area (Å²) < 4.78 is 5.43. The lowest BCUT2D eigenvalue weighted by Crippen LogP contribution is -2.38. The molecule has 0 aliphatic carbocycles. The minimum Gasteiger partial charge on any atom is -0.463 e. The highest BCUT2D eigenvalue weighted by molar-refractivity contribution is 6.30. The van der Waals surface area contributed by atoms with Crippen LogP contribution in [0.1, 0.15) is 29.9 Å². The van der Waals surface area contributed by atoms with Gasteiger partial charge in [0, 0.05) is 17.9 Å². The molecule has 0 saturated carbocycles. The van der Waals surface area contributed by atoms with Crippen LogP contribution in [-0.4, -0.2) is 15.9 Å². The van der Waals surface area contributed by atoms with E-state index in [0.717, 1.165) is 27.7 Å². The highest BCUT2D eigenvalue weighted by Crippen LogP contribution is 2.35. The number of rotatable bonds is 2. The molecule has 5 nitrogen and oxygen atoms in total. The summed E-state index contributed by atoms with van der Waals surface area (Å²) in [5.74, 6) is 0.540. The van der Waals surface area contributed by atoms with Gasteiger partial charge in [-0.1, -0.05) is 23.2 Å². The summed E-state index contributed by atoms with van der Waals surface area (Å²) in [6.45, 7) is 3.53. The van der Waals surface area contributed by atoms with Gasteiger partial charge in [-0.3, -0.25) is 10.2 Å². The Morgan fingerprint density at radius 3 is 2.88 bits per heavy atom. The van der Waals surface area contributed by atoms with E-state index in [1.807, 2.05) is 37.3 Å². The first kappa shape index (κ1) is 15.7. The van der Waals surface area contributed by atoms with Crippen molar-refractivity contribution in [3.05, 3.63) is 70.8 Å². The van der Waals surface area contributed by atoms with E-state index in [0.29, 0.717) is 10.9 Å². The van der Waals surface area contributed by atoms with Gasteiger partial charge in [-0.05, 0) is 43.3 Å². The number of hydrogen-bond donors (Lipinski definition) is 1. The number of nitrogens with zero attached hydrogens (tertiary/aromatic N) is 2. The molecule has 3 aromatic rings. The summed E-state index contributed by atoms with van der Waals surface area (Å²) in [5, 5.41) is 2.90. The predicted molar refractivity (Wildman–Crippen MR) is 96.6 cm³/mol. The molecule has 3 heterocycles. The third-order valence-electron chi connectivity index (χ3n) is 4.24. The molecule has 1 amide bonds. The molecule has 0 unspecified atom stereocenters. The van der Waals surface area contributed by atoms with E-state index < -0.39 is 0 Å². The molecule has 0 saturated heterocycles. The number of benzene rings is 1. The van der Waals surface area contributed by atoms with Crippen LogP contribution in [-0.2, 0) is 4.79 Å². The van der Waals surface area contributed by atoms with Crippen molar-refractivity contribution in [1.82, 2.24) is 15.4 Å². The number of halogens is 1. The molecule has 1 atom stereocenters. The average molecular weight is 354 g/mol. The molecule has 2 aromatic heterocycles. The molecular formula is C19H16ClN3O2. The number of fused-ring (bicyclic) bond motifs is 1. The van der Waals surface area contributed by atoms with Gasteiger partial charge in [-0.25, -0.2) is 9.99 Å². The molecule has 1 aliphatic rings. The van der Waals surface area contributed by atoms with Crippen LogP contribution in [0.5, 0.6) is 0 Å². The van der Waals surface area contributed by atoms with Crippen LogP contribution in [0.3, 0.4) is 0 Å². The third-order valence-corrected chi connectivity index (χ3v) is 4.54. The summed E-state index contributed by atoms with van der Waals surface area (Å²) in [7, 11) is 0. The number of amides is 1. The lowest BCUT2D eigenvalue weighted by Gasteiger charge is -2.24. The van der Waals surface area contributed by atoms with Crippen molar-refractivity contribution in [3.63, 3.8) is 0 Å². The summed E-state index contributed by atoms with van der Waals surface area (Å²) in [6, 6.07) is 11.3. The van der Waals surface area contributed by atoms with Crippen molar-refractivity contribution in [1.29, 1.82) is 0 Å². The molecule has 0 bridgehead atoms. The summed E-state index contributed by atoms with van der Waals surface area (Å²) in [5.41, 5.74) is 6.56. The number of carbonyl (C=O) groups excluding carboxylic acids is 1. The maximum absolute atomic E-state index is 12.1. The lowest BCUT2D eigenvalue weighted by atomic mass is 10.0. The second-order valence-corrected chi connectivity index (χ2v) is 6.43. The minimum atomic E-state index is -0.359. The number of pyridine rings is 1. The second-order valence-electron chi connectivity index (χ2n) is 6.07. The lowest BCUT2D eigenvalue weighted by molar-refractivity contribution is -0.132. The van der Waals surface area contributed by atoms with Gasteiger partial charge >= 0.3 is 0 Å². The van der Waals surface area contributed by atoms with Crippen LogP contribution in [0.2, 0.25) is 5.15 Å². The number of furan rings is 1. The van der Waals surface area contributed by atoms with Crippen molar-refractivity contribution in [2.24, 2.45) is 0 Å². The second kappa shape index (κ2) is 5.93. The zero-order chi connectivity index (χ0) is 17.6. The van der Waals surface area contributed by atoms with Gasteiger partial charge in [-0.2, -0.15) is 0 Å². The van der Waals surface area contributed by atoms with E-state index in [1.165, 1.54) is 11.9 Å². The van der Waals surface area contributed by atoms with Gasteiger partial charge in [-0.15, -0.1) is 0 Å². The molecule has 1 aliphatic heterocycles. The first-order chi connectivity index (χ1) is 12.0. The van der Waals surface area contributed by atoms with E-state index in [2.05, 4.69) is 16.5 Å². The number of hydrazine groups is 1. The van der Waals surface area contributed by atoms with Crippen molar-refractivity contribution in [2.45, 2.75) is 19.9 Å². The SMILES string of the molecule is CC(=O)N1NC(c2ccco2)=C[C@@H]1c1cc2cc(C)ccc2nc1Cl. The highest BCUT2D eigenvalue weighted by atomic mass is 35.5. The van der Waals surface area contributed by atoms with Gasteiger partial charge in [0.15, 0.2) is 5.76 Å². The number of nitrogens with one attached hydrogen (secondary N) is 1. The smallest absolute Gasteiger partial charge is 0.238 e. The fourth-order valence-electron chi connectivity index (χ4n) is 3.04. The molecule has 1 N–H and O–H groups in total. The van der Waals surface area contributed by atoms with Crippen LogP contribution < -0.4 is 5.43 Å². The molecule has 126 valence electrons. The Labute approximate surface area is 149 Å². The molecule has 25 heavy (non-hydrogen) atoms. The number of carbonyl (C=O) groups is 1. The maximum Gasteiger partial charge on any atom is 0.238 e. The number of aryl methyl sites for hydroxylation is 1. The van der Waals surface area contributed by atoms with Gasteiger partial charge < -0.3 is 4.42 Å². The largest absolute Gasteiger partial charge is 0.463 e. The van der Waals surface area contributed by atoms with Crippen LogP contribution >= 0.6 is 11.6 Å². The summed E-state index contributed by atoms with van der Waals surface area (Å²) in [6.07, 6.45) is 3.52.